The van der Waals surface area contributed by atoms with Crippen LogP contribution in [0.3, 0.4) is 0 Å². The molecule has 4 aromatic rings. The first-order valence-corrected chi connectivity index (χ1v) is 12.2. The van der Waals surface area contributed by atoms with Crippen LogP contribution in [0.4, 0.5) is 24.0 Å². The molecule has 0 fully saturated rings. The van der Waals surface area contributed by atoms with Crippen molar-refractivity contribution in [2.45, 2.75) is 19.2 Å². The highest BCUT2D eigenvalue weighted by Crippen LogP contribution is 2.32. The molecular weight excluding hydrogens is 517 g/mol. The molecule has 0 aliphatic carbocycles. The summed E-state index contributed by atoms with van der Waals surface area (Å²) in [7, 11) is 1.54. The molecule has 1 amide bonds. The molecule has 38 heavy (non-hydrogen) atoms. The second-order valence-electron chi connectivity index (χ2n) is 8.00. The zero-order valence-corrected chi connectivity index (χ0v) is 21.0. The molecule has 0 saturated carbocycles. The van der Waals surface area contributed by atoms with Crippen LogP contribution in [-0.2, 0) is 24.0 Å². The van der Waals surface area contributed by atoms with Crippen molar-refractivity contribution >= 4 is 34.3 Å². The molecule has 4 rings (SSSR count). The zero-order chi connectivity index (χ0) is 27.0. The van der Waals surface area contributed by atoms with E-state index in [0.717, 1.165) is 17.7 Å². The topological polar surface area (TPSA) is 84.8 Å². The molecule has 0 saturated heterocycles. The minimum absolute atomic E-state index is 0.0479. The number of thiazole rings is 1. The number of carbonyl (C=O) groups is 1. The third-order valence-corrected chi connectivity index (χ3v) is 5.97. The lowest BCUT2D eigenvalue weighted by Gasteiger charge is -2.11. The van der Waals surface area contributed by atoms with Crippen LogP contribution in [0, 0.1) is 0 Å². The average Bonchev–Trinajstić information content (AvgIpc) is 3.34. The monoisotopic (exact) mass is 540 g/mol. The lowest BCUT2D eigenvalue weighted by molar-refractivity contribution is -0.137. The van der Waals surface area contributed by atoms with Crippen molar-refractivity contribution in [3.63, 3.8) is 0 Å². The smallest absolute Gasteiger partial charge is 0.416 e. The van der Waals surface area contributed by atoms with E-state index in [1.54, 1.807) is 23.6 Å². The quantitative estimate of drug-likeness (QED) is 0.185. The van der Waals surface area contributed by atoms with E-state index in [1.165, 1.54) is 36.8 Å². The number of hydrogen-bond acceptors (Lipinski definition) is 7. The third-order valence-electron chi connectivity index (χ3n) is 5.16. The molecule has 196 valence electrons. The van der Waals surface area contributed by atoms with Gasteiger partial charge in [-0.15, -0.1) is 11.3 Å². The molecule has 1 heterocycles. The van der Waals surface area contributed by atoms with Crippen LogP contribution < -0.4 is 20.2 Å². The van der Waals surface area contributed by atoms with Crippen molar-refractivity contribution in [3.05, 3.63) is 101 Å². The number of carbonyl (C=O) groups excluding carboxylic acids is 1. The van der Waals surface area contributed by atoms with Gasteiger partial charge in [-0.05, 0) is 47.5 Å². The molecule has 0 atom stereocenters. The first-order chi connectivity index (χ1) is 18.3. The Bertz CT molecular complexity index is 1410. The van der Waals surface area contributed by atoms with Gasteiger partial charge < -0.3 is 14.8 Å². The minimum atomic E-state index is -4.44. The van der Waals surface area contributed by atoms with Crippen LogP contribution in [0.1, 0.15) is 22.4 Å². The third kappa shape index (κ3) is 7.56. The van der Waals surface area contributed by atoms with Crippen molar-refractivity contribution in [1.82, 2.24) is 10.4 Å². The first-order valence-electron chi connectivity index (χ1n) is 11.4. The Labute approximate surface area is 221 Å². The van der Waals surface area contributed by atoms with E-state index in [4.69, 9.17) is 9.47 Å². The normalized spacial score (nSPS) is 11.4. The number of benzene rings is 3. The highest BCUT2D eigenvalue weighted by molar-refractivity contribution is 7.13. The fourth-order valence-corrected chi connectivity index (χ4v) is 4.07. The van der Waals surface area contributed by atoms with Crippen LogP contribution >= 0.6 is 11.3 Å². The number of ether oxygens (including phenoxy) is 2. The van der Waals surface area contributed by atoms with Gasteiger partial charge in [0.05, 0.1) is 31.0 Å². The molecule has 3 aromatic carbocycles. The second kappa shape index (κ2) is 12.2. The van der Waals surface area contributed by atoms with Gasteiger partial charge in [0, 0.05) is 11.1 Å². The lowest BCUT2D eigenvalue weighted by Crippen LogP contribution is -2.19. The maximum Gasteiger partial charge on any atom is 0.416 e. The SMILES string of the molecule is COc1cc(/C=N\NC(=O)Cc2csc(Nc3cccc(C(F)(F)F)c3)n2)ccc1OCc1ccccc1. The van der Waals surface area contributed by atoms with Crippen LogP contribution in [0.15, 0.2) is 83.3 Å². The van der Waals surface area contributed by atoms with Gasteiger partial charge in [-0.1, -0.05) is 36.4 Å². The van der Waals surface area contributed by atoms with Gasteiger partial charge in [0.2, 0.25) is 5.91 Å². The number of rotatable bonds is 10. The number of hydrogen-bond donors (Lipinski definition) is 2. The number of methoxy groups -OCH3 is 1. The lowest BCUT2D eigenvalue weighted by atomic mass is 10.2. The standard InChI is InChI=1S/C27H23F3N4O3S/c1-36-24-12-19(10-11-23(24)37-16-18-6-3-2-4-7-18)15-31-34-25(35)14-22-17-38-26(33-22)32-21-9-5-8-20(13-21)27(28,29)30/h2-13,15,17H,14,16H2,1H3,(H,32,33)(H,34,35)/b31-15-. The van der Waals surface area contributed by atoms with Crippen molar-refractivity contribution in [3.8, 4) is 11.5 Å². The summed E-state index contributed by atoms with van der Waals surface area (Å²) in [5, 5.41) is 8.83. The minimum Gasteiger partial charge on any atom is -0.493 e. The van der Waals surface area contributed by atoms with E-state index in [2.05, 4.69) is 20.8 Å². The molecule has 0 aliphatic rings. The van der Waals surface area contributed by atoms with E-state index in [-0.39, 0.29) is 12.1 Å². The predicted octanol–water partition coefficient (Wildman–Crippen LogP) is 6.19. The predicted molar refractivity (Wildman–Crippen MR) is 140 cm³/mol. The van der Waals surface area contributed by atoms with Gasteiger partial charge in [-0.2, -0.15) is 18.3 Å². The zero-order valence-electron chi connectivity index (χ0n) is 20.2. The molecule has 7 nitrogen and oxygen atoms in total. The van der Waals surface area contributed by atoms with Crippen molar-refractivity contribution in [1.29, 1.82) is 0 Å². The molecular formula is C27H23F3N4O3S. The summed E-state index contributed by atoms with van der Waals surface area (Å²) in [5.41, 5.74) is 4.11. The first kappa shape index (κ1) is 26.7. The van der Waals surface area contributed by atoms with Gasteiger partial charge in [0.1, 0.15) is 6.61 Å². The molecule has 0 bridgehead atoms. The molecule has 2 N–H and O–H groups in total. The molecule has 0 radical (unpaired) electrons. The number of halogens is 3. The van der Waals surface area contributed by atoms with Gasteiger partial charge in [-0.3, -0.25) is 4.79 Å². The number of anilines is 2. The summed E-state index contributed by atoms with van der Waals surface area (Å²) in [6.45, 7) is 0.397. The number of nitrogens with one attached hydrogen (secondary N) is 2. The van der Waals surface area contributed by atoms with E-state index in [9.17, 15) is 18.0 Å². The Hall–Kier alpha value is -4.38. The average molecular weight is 541 g/mol. The van der Waals surface area contributed by atoms with Crippen molar-refractivity contribution in [2.24, 2.45) is 5.10 Å². The van der Waals surface area contributed by atoms with E-state index in [1.807, 2.05) is 30.3 Å². The number of amides is 1. The molecule has 0 aliphatic heterocycles. The Morgan fingerprint density at radius 1 is 1.05 bits per heavy atom. The van der Waals surface area contributed by atoms with Crippen LogP contribution in [0.25, 0.3) is 0 Å². The van der Waals surface area contributed by atoms with Crippen molar-refractivity contribution in [2.75, 3.05) is 12.4 Å². The summed E-state index contributed by atoms with van der Waals surface area (Å²) in [4.78, 5) is 16.5. The van der Waals surface area contributed by atoms with Gasteiger partial charge in [-0.25, -0.2) is 10.4 Å². The molecule has 11 heteroatoms. The van der Waals surface area contributed by atoms with Crippen LogP contribution in [-0.4, -0.2) is 24.2 Å². The maximum atomic E-state index is 12.9. The number of nitrogens with zero attached hydrogens (tertiary/aromatic N) is 2. The fourth-order valence-electron chi connectivity index (χ4n) is 3.34. The summed E-state index contributed by atoms with van der Waals surface area (Å²) in [6.07, 6.45) is -3.01. The highest BCUT2D eigenvalue weighted by Gasteiger charge is 2.30. The van der Waals surface area contributed by atoms with Crippen LogP contribution in [0.2, 0.25) is 0 Å². The Balaban J connectivity index is 1.29. The molecule has 0 spiro atoms. The number of hydrazone groups is 1. The highest BCUT2D eigenvalue weighted by atomic mass is 32.1. The van der Waals surface area contributed by atoms with Gasteiger partial charge >= 0.3 is 6.18 Å². The van der Waals surface area contributed by atoms with E-state index >= 15 is 0 Å². The Kier molecular flexibility index (Phi) is 8.59. The summed E-state index contributed by atoms with van der Waals surface area (Å²) in [5.74, 6) is 0.710. The second-order valence-corrected chi connectivity index (χ2v) is 8.86. The Morgan fingerprint density at radius 2 is 1.87 bits per heavy atom. The van der Waals surface area contributed by atoms with Crippen LogP contribution in [0.5, 0.6) is 11.5 Å². The number of aromatic nitrogens is 1. The summed E-state index contributed by atoms with van der Waals surface area (Å²) in [6, 6.07) is 19.8. The summed E-state index contributed by atoms with van der Waals surface area (Å²) >= 11 is 1.18. The van der Waals surface area contributed by atoms with E-state index < -0.39 is 17.6 Å². The molecule has 1 aromatic heterocycles. The number of alkyl halides is 3. The summed E-state index contributed by atoms with van der Waals surface area (Å²) < 4.78 is 49.9. The van der Waals surface area contributed by atoms with Gasteiger partial charge in [0.25, 0.3) is 0 Å². The largest absolute Gasteiger partial charge is 0.493 e. The maximum absolute atomic E-state index is 12.9. The van der Waals surface area contributed by atoms with Crippen molar-refractivity contribution < 1.29 is 27.4 Å². The van der Waals surface area contributed by atoms with E-state index in [0.29, 0.717) is 34.5 Å². The van der Waals surface area contributed by atoms with Gasteiger partial charge in [0.15, 0.2) is 16.6 Å². The fraction of sp³-hybridized carbons (Fsp3) is 0.148. The molecule has 0 unspecified atom stereocenters. The Morgan fingerprint density at radius 3 is 2.63 bits per heavy atom.